The molecule has 0 aromatic heterocycles. The Morgan fingerprint density at radius 3 is 2.27 bits per heavy atom. The highest BCUT2D eigenvalue weighted by Crippen LogP contribution is 2.18. The number of hydrogen-bond acceptors (Lipinski definition) is 4. The van der Waals surface area contributed by atoms with Crippen LogP contribution in [0.1, 0.15) is 35.7 Å². The molecule has 0 fully saturated rings. The summed E-state index contributed by atoms with van der Waals surface area (Å²) in [5.41, 5.74) is 6.50. The Kier molecular flexibility index (Phi) is 7.11. The fourth-order valence-corrected chi connectivity index (χ4v) is 2.20. The van der Waals surface area contributed by atoms with E-state index in [0.29, 0.717) is 17.2 Å². The van der Waals surface area contributed by atoms with Crippen molar-refractivity contribution < 1.29 is 14.3 Å². The van der Waals surface area contributed by atoms with Crippen LogP contribution in [0.4, 0.5) is 0 Å². The van der Waals surface area contributed by atoms with Crippen molar-refractivity contribution in [2.75, 3.05) is 6.61 Å². The number of carbonyl (C=O) groups is 2. The molecule has 7 heteroatoms. The molecule has 0 aliphatic heterocycles. The van der Waals surface area contributed by atoms with Crippen LogP contribution < -0.4 is 20.9 Å². The Balaban J connectivity index is 1.71. The second-order valence-corrected chi connectivity index (χ2v) is 6.24. The van der Waals surface area contributed by atoms with Gasteiger partial charge in [0.1, 0.15) is 5.75 Å². The average molecular weight is 371 g/mol. The van der Waals surface area contributed by atoms with Crippen LogP contribution in [-0.4, -0.2) is 23.5 Å². The van der Waals surface area contributed by atoms with Gasteiger partial charge in [-0.3, -0.25) is 25.8 Å². The van der Waals surface area contributed by atoms with Crippen molar-refractivity contribution in [2.45, 2.75) is 19.8 Å². The molecule has 0 saturated heterocycles. The molecule has 0 bridgehead atoms. The summed E-state index contributed by atoms with van der Waals surface area (Å²) in [6, 6.07) is 16.2. The number of ether oxygens (including phenoxy) is 1. The molecule has 0 atom stereocenters. The van der Waals surface area contributed by atoms with Gasteiger partial charge in [-0.25, -0.2) is 0 Å². The van der Waals surface area contributed by atoms with Crippen molar-refractivity contribution in [1.82, 2.24) is 16.2 Å². The minimum atomic E-state index is -0.422. The van der Waals surface area contributed by atoms with Gasteiger partial charge in [0.2, 0.25) is 0 Å². The molecule has 136 valence electrons. The van der Waals surface area contributed by atoms with Gasteiger partial charge in [0.05, 0.1) is 0 Å². The zero-order chi connectivity index (χ0) is 18.9. The number of rotatable bonds is 5. The molecule has 0 radical (unpaired) electrons. The predicted molar refractivity (Wildman–Crippen MR) is 104 cm³/mol. The molecule has 26 heavy (non-hydrogen) atoms. The average Bonchev–Trinajstić information content (AvgIpc) is 2.65. The summed E-state index contributed by atoms with van der Waals surface area (Å²) >= 11 is 4.97. The molecular formula is C19H21N3O3S. The summed E-state index contributed by atoms with van der Waals surface area (Å²) in [4.78, 5) is 23.7. The van der Waals surface area contributed by atoms with Gasteiger partial charge in [-0.05, 0) is 48.0 Å². The van der Waals surface area contributed by atoms with Crippen molar-refractivity contribution in [1.29, 1.82) is 0 Å². The maximum atomic E-state index is 11.9. The highest BCUT2D eigenvalue weighted by molar-refractivity contribution is 7.80. The van der Waals surface area contributed by atoms with E-state index in [0.717, 1.165) is 0 Å². The van der Waals surface area contributed by atoms with E-state index in [1.807, 2.05) is 30.3 Å². The monoisotopic (exact) mass is 371 g/mol. The van der Waals surface area contributed by atoms with Crippen LogP contribution in [0, 0.1) is 0 Å². The first-order chi connectivity index (χ1) is 12.5. The second-order valence-electron chi connectivity index (χ2n) is 5.83. The zero-order valence-electron chi connectivity index (χ0n) is 14.6. The van der Waals surface area contributed by atoms with Gasteiger partial charge in [0.25, 0.3) is 11.8 Å². The number of hydrogen-bond donors (Lipinski definition) is 3. The summed E-state index contributed by atoms with van der Waals surface area (Å²) in [6.45, 7) is 4.03. The number of amides is 2. The Morgan fingerprint density at radius 2 is 1.65 bits per heavy atom. The Morgan fingerprint density at radius 1 is 1.00 bits per heavy atom. The largest absolute Gasteiger partial charge is 0.484 e. The molecule has 2 aromatic rings. The number of carbonyl (C=O) groups excluding carboxylic acids is 2. The van der Waals surface area contributed by atoms with Crippen LogP contribution in [-0.2, 0) is 4.79 Å². The van der Waals surface area contributed by atoms with Crippen LogP contribution in [0.25, 0.3) is 0 Å². The maximum absolute atomic E-state index is 11.9. The molecule has 3 N–H and O–H groups in total. The third-order valence-electron chi connectivity index (χ3n) is 3.50. The molecule has 0 heterocycles. The Labute approximate surface area is 157 Å². The van der Waals surface area contributed by atoms with Gasteiger partial charge >= 0.3 is 0 Å². The van der Waals surface area contributed by atoms with Crippen LogP contribution >= 0.6 is 12.2 Å². The summed E-state index contributed by atoms with van der Waals surface area (Å²) in [5, 5.41) is 2.46. The van der Waals surface area contributed by atoms with Gasteiger partial charge in [-0.15, -0.1) is 0 Å². The highest BCUT2D eigenvalue weighted by atomic mass is 32.1. The van der Waals surface area contributed by atoms with Crippen LogP contribution in [0.5, 0.6) is 5.75 Å². The number of nitrogens with one attached hydrogen (secondary N) is 3. The molecule has 0 saturated carbocycles. The first-order valence-electron chi connectivity index (χ1n) is 8.13. The standard InChI is InChI=1S/C19H21N3O3S/c1-13(2)14-8-10-16(11-9-14)25-12-17(23)21-22-19(26)20-18(24)15-6-4-3-5-7-15/h3-11,13H,12H2,1-2H3,(H,21,23)(H2,20,22,24,26). The van der Waals surface area contributed by atoms with E-state index >= 15 is 0 Å². The van der Waals surface area contributed by atoms with Crippen molar-refractivity contribution in [2.24, 2.45) is 0 Å². The van der Waals surface area contributed by atoms with Gasteiger partial charge < -0.3 is 4.74 Å². The maximum Gasteiger partial charge on any atom is 0.276 e. The first kappa shape index (κ1) is 19.4. The highest BCUT2D eigenvalue weighted by Gasteiger charge is 2.08. The van der Waals surface area contributed by atoms with Gasteiger partial charge in [-0.1, -0.05) is 44.2 Å². The Bertz CT molecular complexity index is 761. The van der Waals surface area contributed by atoms with E-state index in [2.05, 4.69) is 30.0 Å². The molecule has 0 aliphatic rings. The molecule has 0 spiro atoms. The van der Waals surface area contributed by atoms with Crippen molar-refractivity contribution in [3.63, 3.8) is 0 Å². The molecule has 2 rings (SSSR count). The number of hydrazine groups is 1. The third kappa shape index (κ3) is 6.18. The third-order valence-corrected chi connectivity index (χ3v) is 3.70. The topological polar surface area (TPSA) is 79.5 Å². The molecule has 0 aliphatic carbocycles. The summed E-state index contributed by atoms with van der Waals surface area (Å²) in [6.07, 6.45) is 0. The minimum absolute atomic E-state index is 0.00603. The van der Waals surface area contributed by atoms with Crippen LogP contribution in [0.3, 0.4) is 0 Å². The number of benzene rings is 2. The van der Waals surface area contributed by atoms with E-state index < -0.39 is 5.91 Å². The van der Waals surface area contributed by atoms with Gasteiger partial charge in [0, 0.05) is 5.56 Å². The lowest BCUT2D eigenvalue weighted by molar-refractivity contribution is -0.123. The van der Waals surface area contributed by atoms with Gasteiger partial charge in [-0.2, -0.15) is 0 Å². The van der Waals surface area contributed by atoms with E-state index in [9.17, 15) is 9.59 Å². The second kappa shape index (κ2) is 9.53. The molecule has 0 unspecified atom stereocenters. The van der Waals surface area contributed by atoms with Crippen molar-refractivity contribution >= 4 is 29.1 Å². The quantitative estimate of drug-likeness (QED) is 0.556. The minimum Gasteiger partial charge on any atom is -0.484 e. The van der Waals surface area contributed by atoms with Gasteiger partial charge in [0.15, 0.2) is 11.7 Å². The summed E-state index contributed by atoms with van der Waals surface area (Å²) in [7, 11) is 0. The summed E-state index contributed by atoms with van der Waals surface area (Å²) < 4.78 is 5.40. The summed E-state index contributed by atoms with van der Waals surface area (Å²) in [5.74, 6) is 0.251. The molecular weight excluding hydrogens is 350 g/mol. The van der Waals surface area contributed by atoms with E-state index in [1.165, 1.54) is 5.56 Å². The smallest absolute Gasteiger partial charge is 0.276 e. The lowest BCUT2D eigenvalue weighted by Crippen LogP contribution is -2.49. The fraction of sp³-hybridized carbons (Fsp3) is 0.211. The molecule has 2 amide bonds. The lowest BCUT2D eigenvalue weighted by Gasteiger charge is -2.12. The lowest BCUT2D eigenvalue weighted by atomic mass is 10.0. The van der Waals surface area contributed by atoms with E-state index in [1.54, 1.807) is 24.3 Å². The first-order valence-corrected chi connectivity index (χ1v) is 8.54. The van der Waals surface area contributed by atoms with Crippen molar-refractivity contribution in [3.8, 4) is 5.75 Å². The molecule has 2 aromatic carbocycles. The van der Waals surface area contributed by atoms with E-state index in [-0.39, 0.29) is 17.6 Å². The molecule has 6 nitrogen and oxygen atoms in total. The van der Waals surface area contributed by atoms with E-state index in [4.69, 9.17) is 17.0 Å². The fourth-order valence-electron chi connectivity index (χ4n) is 2.06. The normalized spacial score (nSPS) is 10.1. The van der Waals surface area contributed by atoms with Crippen LogP contribution in [0.2, 0.25) is 0 Å². The SMILES string of the molecule is CC(C)c1ccc(OCC(=O)NNC(=S)NC(=O)c2ccccc2)cc1. The van der Waals surface area contributed by atoms with Crippen molar-refractivity contribution in [3.05, 3.63) is 65.7 Å². The number of thiocarbonyl (C=S) groups is 1. The van der Waals surface area contributed by atoms with Crippen LogP contribution in [0.15, 0.2) is 54.6 Å². The predicted octanol–water partition coefficient (Wildman–Crippen LogP) is 2.52. The zero-order valence-corrected chi connectivity index (χ0v) is 15.4. The Hall–Kier alpha value is -2.93.